The third-order valence-electron chi connectivity index (χ3n) is 5.18. The van der Waals surface area contributed by atoms with Crippen LogP contribution in [0.1, 0.15) is 19.3 Å². The highest BCUT2D eigenvalue weighted by atomic mass is 79.9. The highest BCUT2D eigenvalue weighted by Gasteiger charge is 2.41. The fourth-order valence-corrected chi connectivity index (χ4v) is 4.30. The Morgan fingerprint density at radius 1 is 1.42 bits per heavy atom. The van der Waals surface area contributed by atoms with Gasteiger partial charge in [0.1, 0.15) is 0 Å². The molecule has 132 valence electrons. The summed E-state index contributed by atoms with van der Waals surface area (Å²) in [6, 6.07) is 8.45. The number of benzene rings is 1. The van der Waals surface area contributed by atoms with Crippen LogP contribution in [0.4, 0.5) is 5.69 Å². The predicted octanol–water partition coefficient (Wildman–Crippen LogP) is 2.16. The monoisotopic (exact) mass is 395 g/mol. The van der Waals surface area contributed by atoms with Crippen LogP contribution in [0, 0.1) is 5.41 Å². The maximum atomic E-state index is 12.9. The highest BCUT2D eigenvalue weighted by Crippen LogP contribution is 2.31. The topological polar surface area (TPSA) is 53.6 Å². The van der Waals surface area contributed by atoms with Crippen LogP contribution < -0.4 is 15.5 Å². The second-order valence-electron chi connectivity index (χ2n) is 6.82. The number of ether oxygens (including phenoxy) is 1. The number of rotatable bonds is 5. The van der Waals surface area contributed by atoms with Gasteiger partial charge in [0.05, 0.1) is 17.7 Å². The van der Waals surface area contributed by atoms with E-state index in [1.165, 1.54) is 5.69 Å². The van der Waals surface area contributed by atoms with Gasteiger partial charge in [0.2, 0.25) is 5.91 Å². The first-order valence-electron chi connectivity index (χ1n) is 8.65. The normalized spacial score (nSPS) is 23.2. The first-order valence-corrected chi connectivity index (χ1v) is 9.44. The van der Waals surface area contributed by atoms with E-state index in [0.29, 0.717) is 6.61 Å². The van der Waals surface area contributed by atoms with Crippen molar-refractivity contribution in [2.75, 3.05) is 44.8 Å². The van der Waals surface area contributed by atoms with Gasteiger partial charge < -0.3 is 20.3 Å². The number of hydrogen-bond donors (Lipinski definition) is 2. The Morgan fingerprint density at radius 3 is 2.88 bits per heavy atom. The van der Waals surface area contributed by atoms with E-state index in [0.717, 1.165) is 49.9 Å². The maximum absolute atomic E-state index is 12.9. The van der Waals surface area contributed by atoms with E-state index in [1.54, 1.807) is 7.11 Å². The minimum Gasteiger partial charge on any atom is -0.384 e. The molecule has 2 fully saturated rings. The van der Waals surface area contributed by atoms with Gasteiger partial charge in [-0.3, -0.25) is 4.79 Å². The summed E-state index contributed by atoms with van der Waals surface area (Å²) in [5, 5.41) is 6.62. The molecule has 1 aromatic carbocycles. The Kier molecular flexibility index (Phi) is 5.79. The summed E-state index contributed by atoms with van der Waals surface area (Å²) in [5.74, 6) is 0.157. The van der Waals surface area contributed by atoms with Crippen molar-refractivity contribution in [2.24, 2.45) is 5.41 Å². The molecule has 1 aromatic rings. The van der Waals surface area contributed by atoms with Crippen LogP contribution in [0.5, 0.6) is 0 Å². The molecule has 24 heavy (non-hydrogen) atoms. The van der Waals surface area contributed by atoms with Gasteiger partial charge in [-0.25, -0.2) is 0 Å². The van der Waals surface area contributed by atoms with Crippen LogP contribution in [-0.2, 0) is 9.53 Å². The van der Waals surface area contributed by atoms with Gasteiger partial charge in [0.25, 0.3) is 0 Å². The number of nitrogens with zero attached hydrogens (tertiary/aromatic N) is 1. The summed E-state index contributed by atoms with van der Waals surface area (Å²) in [5.41, 5.74) is 0.823. The van der Waals surface area contributed by atoms with Gasteiger partial charge in [0.15, 0.2) is 0 Å². The molecule has 2 heterocycles. The summed E-state index contributed by atoms with van der Waals surface area (Å²) in [4.78, 5) is 15.3. The van der Waals surface area contributed by atoms with Gasteiger partial charge in [-0.05, 0) is 60.4 Å². The van der Waals surface area contributed by atoms with E-state index < -0.39 is 0 Å². The Balaban J connectivity index is 1.62. The van der Waals surface area contributed by atoms with Crippen molar-refractivity contribution in [3.05, 3.63) is 28.7 Å². The first kappa shape index (κ1) is 17.7. The molecular formula is C18H26BrN3O2. The summed E-state index contributed by atoms with van der Waals surface area (Å²) in [6.45, 7) is 4.08. The molecule has 1 atom stereocenters. The zero-order valence-electron chi connectivity index (χ0n) is 14.2. The highest BCUT2D eigenvalue weighted by molar-refractivity contribution is 9.10. The van der Waals surface area contributed by atoms with Crippen LogP contribution in [0.2, 0.25) is 0 Å². The molecule has 0 aliphatic carbocycles. The van der Waals surface area contributed by atoms with Gasteiger partial charge in [-0.2, -0.15) is 0 Å². The Bertz CT molecular complexity index is 570. The zero-order chi connectivity index (χ0) is 17.0. The number of amides is 1. The summed E-state index contributed by atoms with van der Waals surface area (Å²) >= 11 is 3.62. The van der Waals surface area contributed by atoms with Crippen molar-refractivity contribution in [3.8, 4) is 0 Å². The number of hydrogen-bond acceptors (Lipinski definition) is 4. The number of carbonyl (C=O) groups excluding carboxylic acids is 1. The van der Waals surface area contributed by atoms with Crippen LogP contribution in [0.15, 0.2) is 28.7 Å². The van der Waals surface area contributed by atoms with Crippen LogP contribution >= 0.6 is 15.9 Å². The molecule has 0 radical (unpaired) electrons. The van der Waals surface area contributed by atoms with E-state index >= 15 is 0 Å². The van der Waals surface area contributed by atoms with Gasteiger partial charge in [-0.15, -0.1) is 0 Å². The molecule has 2 aliphatic heterocycles. The molecule has 5 nitrogen and oxygen atoms in total. The molecule has 2 N–H and O–H groups in total. The number of carbonyl (C=O) groups is 1. The lowest BCUT2D eigenvalue weighted by Gasteiger charge is -2.36. The van der Waals surface area contributed by atoms with Crippen molar-refractivity contribution < 1.29 is 9.53 Å². The lowest BCUT2D eigenvalue weighted by atomic mass is 9.78. The van der Waals surface area contributed by atoms with Crippen molar-refractivity contribution >= 4 is 27.5 Å². The Labute approximate surface area is 152 Å². The largest absolute Gasteiger partial charge is 0.384 e. The van der Waals surface area contributed by atoms with Crippen LogP contribution in [0.3, 0.4) is 0 Å². The van der Waals surface area contributed by atoms with Crippen LogP contribution in [0.25, 0.3) is 0 Å². The first-order chi connectivity index (χ1) is 11.6. The molecule has 0 bridgehead atoms. The minimum atomic E-state index is -0.374. The van der Waals surface area contributed by atoms with Crippen molar-refractivity contribution in [1.29, 1.82) is 0 Å². The van der Waals surface area contributed by atoms with Crippen molar-refractivity contribution in [2.45, 2.75) is 25.3 Å². The minimum absolute atomic E-state index is 0.157. The molecule has 2 saturated heterocycles. The number of anilines is 1. The average molecular weight is 396 g/mol. The Hall–Kier alpha value is -1.11. The summed E-state index contributed by atoms with van der Waals surface area (Å²) in [6.07, 6.45) is 2.66. The van der Waals surface area contributed by atoms with E-state index in [-0.39, 0.29) is 17.4 Å². The molecule has 3 rings (SSSR count). The van der Waals surface area contributed by atoms with E-state index in [1.807, 2.05) is 6.07 Å². The predicted molar refractivity (Wildman–Crippen MR) is 99.3 cm³/mol. The van der Waals surface area contributed by atoms with E-state index in [4.69, 9.17) is 4.74 Å². The van der Waals surface area contributed by atoms with Crippen LogP contribution in [-0.4, -0.2) is 51.8 Å². The lowest BCUT2D eigenvalue weighted by Crippen LogP contribution is -2.52. The third-order valence-corrected chi connectivity index (χ3v) is 5.85. The second kappa shape index (κ2) is 7.85. The van der Waals surface area contributed by atoms with Crippen molar-refractivity contribution in [3.63, 3.8) is 0 Å². The molecule has 1 unspecified atom stereocenters. The SMILES string of the molecule is COCC1(C(=O)NC2CCN(c3ccccc3Br)C2)CCNCC1. The molecule has 6 heteroatoms. The molecule has 0 aromatic heterocycles. The lowest BCUT2D eigenvalue weighted by molar-refractivity contribution is -0.136. The molecule has 0 saturated carbocycles. The molecule has 1 amide bonds. The third kappa shape index (κ3) is 3.76. The summed E-state index contributed by atoms with van der Waals surface area (Å²) < 4.78 is 6.47. The maximum Gasteiger partial charge on any atom is 0.228 e. The number of para-hydroxylation sites is 1. The fraction of sp³-hybridized carbons (Fsp3) is 0.611. The van der Waals surface area contributed by atoms with Crippen molar-refractivity contribution in [1.82, 2.24) is 10.6 Å². The zero-order valence-corrected chi connectivity index (χ0v) is 15.8. The number of piperidine rings is 1. The number of halogens is 1. The van der Waals surface area contributed by atoms with E-state index in [9.17, 15) is 4.79 Å². The van der Waals surface area contributed by atoms with Gasteiger partial charge >= 0.3 is 0 Å². The van der Waals surface area contributed by atoms with Gasteiger partial charge in [-0.1, -0.05) is 12.1 Å². The molecular weight excluding hydrogens is 370 g/mol. The smallest absolute Gasteiger partial charge is 0.228 e. The van der Waals surface area contributed by atoms with E-state index in [2.05, 4.69) is 49.7 Å². The Morgan fingerprint density at radius 2 is 2.17 bits per heavy atom. The fourth-order valence-electron chi connectivity index (χ4n) is 3.76. The number of nitrogens with one attached hydrogen (secondary N) is 2. The molecule has 2 aliphatic rings. The quantitative estimate of drug-likeness (QED) is 0.801. The average Bonchev–Trinajstić information content (AvgIpc) is 3.04. The second-order valence-corrected chi connectivity index (χ2v) is 7.67. The van der Waals surface area contributed by atoms with Gasteiger partial charge in [0, 0.05) is 30.7 Å². The number of methoxy groups -OCH3 is 1. The summed E-state index contributed by atoms with van der Waals surface area (Å²) in [7, 11) is 1.68. The standard InChI is InChI=1S/C18H26BrN3O2/c1-24-13-18(7-9-20-10-8-18)17(23)21-14-6-11-22(12-14)16-5-3-2-4-15(16)19/h2-5,14,20H,6-13H2,1H3,(H,21,23). The molecule has 0 spiro atoms.